The van der Waals surface area contributed by atoms with Gasteiger partial charge in [0.1, 0.15) is 11.3 Å². The second-order valence-corrected chi connectivity index (χ2v) is 8.37. The molecule has 1 atom stereocenters. The largest absolute Gasteiger partial charge is 0.375 e. The van der Waals surface area contributed by atoms with Gasteiger partial charge in [-0.25, -0.2) is 15.0 Å². The molecular weight excluding hydrogens is 390 g/mol. The first-order valence-electron chi connectivity index (χ1n) is 10.7. The van der Waals surface area contributed by atoms with E-state index in [4.69, 9.17) is 14.7 Å². The van der Waals surface area contributed by atoms with Gasteiger partial charge in [0.15, 0.2) is 0 Å². The Morgan fingerprint density at radius 3 is 2.71 bits per heavy atom. The lowest BCUT2D eigenvalue weighted by atomic mass is 10.2. The fourth-order valence-corrected chi connectivity index (χ4v) is 4.19. The zero-order valence-corrected chi connectivity index (χ0v) is 18.3. The van der Waals surface area contributed by atoms with Gasteiger partial charge in [-0.1, -0.05) is 12.1 Å². The molecule has 1 aliphatic heterocycles. The van der Waals surface area contributed by atoms with Gasteiger partial charge in [-0.05, 0) is 39.8 Å². The number of pyridine rings is 1. The molecule has 4 heterocycles. The van der Waals surface area contributed by atoms with Gasteiger partial charge >= 0.3 is 0 Å². The first-order valence-corrected chi connectivity index (χ1v) is 10.7. The highest BCUT2D eigenvalue weighted by Crippen LogP contribution is 2.28. The average Bonchev–Trinajstić information content (AvgIpc) is 3.19. The zero-order valence-electron chi connectivity index (χ0n) is 18.3. The number of benzene rings is 1. The van der Waals surface area contributed by atoms with Crippen molar-refractivity contribution < 1.29 is 4.74 Å². The number of nitrogens with zero attached hydrogens (tertiary/aromatic N) is 6. The van der Waals surface area contributed by atoms with Gasteiger partial charge in [0.2, 0.25) is 5.95 Å². The highest BCUT2D eigenvalue weighted by atomic mass is 16.5. The first kappa shape index (κ1) is 19.7. The molecule has 8 nitrogen and oxygen atoms in total. The molecule has 0 amide bonds. The quantitative estimate of drug-likeness (QED) is 0.532. The van der Waals surface area contributed by atoms with Crippen LogP contribution >= 0.6 is 0 Å². The van der Waals surface area contributed by atoms with E-state index >= 15 is 0 Å². The Morgan fingerprint density at radius 2 is 1.94 bits per heavy atom. The summed E-state index contributed by atoms with van der Waals surface area (Å²) in [6.45, 7) is 10.9. The molecule has 160 valence electrons. The third-order valence-electron chi connectivity index (χ3n) is 5.68. The van der Waals surface area contributed by atoms with Gasteiger partial charge in [0.05, 0.1) is 35.8 Å². The van der Waals surface area contributed by atoms with Gasteiger partial charge in [-0.3, -0.25) is 4.68 Å². The molecule has 0 aliphatic carbocycles. The Morgan fingerprint density at radius 1 is 1.10 bits per heavy atom. The fourth-order valence-electron chi connectivity index (χ4n) is 4.19. The van der Waals surface area contributed by atoms with E-state index in [1.165, 1.54) is 0 Å². The summed E-state index contributed by atoms with van der Waals surface area (Å²) in [6.07, 6.45) is 3.96. The van der Waals surface area contributed by atoms with Crippen molar-refractivity contribution in [1.29, 1.82) is 0 Å². The standard InChI is InChI=1S/C23H27N7O/c1-14(2)30-22-18(12-25-30)6-5-17-11-24-23(28-21(17)22)27-20-8-7-19(16(4)26-20)29-9-10-31-15(3)13-29/h5-8,11-12,14-15H,9-10,13H2,1-4H3,(H,24,26,27,28). The Hall–Kier alpha value is -3.26. The predicted molar refractivity (Wildman–Crippen MR) is 123 cm³/mol. The molecule has 8 heteroatoms. The second-order valence-electron chi connectivity index (χ2n) is 8.37. The van der Waals surface area contributed by atoms with Crippen LogP contribution < -0.4 is 10.2 Å². The summed E-state index contributed by atoms with van der Waals surface area (Å²) in [5.74, 6) is 1.25. The summed E-state index contributed by atoms with van der Waals surface area (Å²) in [6, 6.07) is 8.43. The molecule has 5 rings (SSSR count). The lowest BCUT2D eigenvalue weighted by Gasteiger charge is -2.33. The van der Waals surface area contributed by atoms with Crippen molar-refractivity contribution in [3.63, 3.8) is 0 Å². The first-order chi connectivity index (χ1) is 15.0. The lowest BCUT2D eigenvalue weighted by Crippen LogP contribution is -2.41. The topological polar surface area (TPSA) is 81.0 Å². The van der Waals surface area contributed by atoms with Crippen LogP contribution in [0.2, 0.25) is 0 Å². The van der Waals surface area contributed by atoms with Gasteiger partial charge in [-0.15, -0.1) is 0 Å². The van der Waals surface area contributed by atoms with Crippen molar-refractivity contribution in [2.75, 3.05) is 29.9 Å². The monoisotopic (exact) mass is 417 g/mol. The summed E-state index contributed by atoms with van der Waals surface area (Å²) >= 11 is 0. The summed E-state index contributed by atoms with van der Waals surface area (Å²) in [7, 11) is 0. The van der Waals surface area contributed by atoms with E-state index in [9.17, 15) is 0 Å². The van der Waals surface area contributed by atoms with Crippen molar-refractivity contribution in [3.05, 3.63) is 42.4 Å². The molecule has 0 spiro atoms. The van der Waals surface area contributed by atoms with Crippen molar-refractivity contribution in [1.82, 2.24) is 24.7 Å². The van der Waals surface area contributed by atoms with E-state index in [0.717, 1.165) is 58.7 Å². The maximum absolute atomic E-state index is 5.66. The molecule has 4 aromatic rings. The number of rotatable bonds is 4. The average molecular weight is 418 g/mol. The predicted octanol–water partition coefficient (Wildman–Crippen LogP) is 4.23. The Bertz CT molecular complexity index is 1250. The third-order valence-corrected chi connectivity index (χ3v) is 5.68. The third kappa shape index (κ3) is 3.67. The van der Waals surface area contributed by atoms with E-state index in [1.54, 1.807) is 0 Å². The zero-order chi connectivity index (χ0) is 21.5. The summed E-state index contributed by atoms with van der Waals surface area (Å²) in [5, 5.41) is 9.88. The molecule has 0 radical (unpaired) electrons. The van der Waals surface area contributed by atoms with E-state index in [-0.39, 0.29) is 12.1 Å². The van der Waals surface area contributed by atoms with Crippen LogP contribution in [0.4, 0.5) is 17.5 Å². The summed E-state index contributed by atoms with van der Waals surface area (Å²) in [5.41, 5.74) is 4.03. The number of aryl methyl sites for hydroxylation is 1. The number of hydrogen-bond donors (Lipinski definition) is 1. The minimum Gasteiger partial charge on any atom is -0.375 e. The number of nitrogens with one attached hydrogen (secondary N) is 1. The van der Waals surface area contributed by atoms with Gasteiger partial charge < -0.3 is 15.0 Å². The highest BCUT2D eigenvalue weighted by molar-refractivity contribution is 6.03. The SMILES string of the molecule is Cc1nc(Nc2ncc3ccc4cnn(C(C)C)c4c3n2)ccc1N1CCOC(C)C1. The number of fused-ring (bicyclic) bond motifs is 3. The van der Waals surface area contributed by atoms with Crippen LogP contribution in [0.5, 0.6) is 0 Å². The van der Waals surface area contributed by atoms with Crippen LogP contribution in [-0.4, -0.2) is 50.5 Å². The van der Waals surface area contributed by atoms with Crippen LogP contribution in [0.25, 0.3) is 21.8 Å². The van der Waals surface area contributed by atoms with Crippen LogP contribution in [0.3, 0.4) is 0 Å². The Kier molecular flexibility index (Phi) is 4.94. The number of aromatic nitrogens is 5. The van der Waals surface area contributed by atoms with Crippen LogP contribution in [-0.2, 0) is 4.74 Å². The van der Waals surface area contributed by atoms with E-state index in [2.05, 4.69) is 53.2 Å². The van der Waals surface area contributed by atoms with Crippen molar-refractivity contribution in [2.45, 2.75) is 39.8 Å². The maximum atomic E-state index is 5.66. The fraction of sp³-hybridized carbons (Fsp3) is 0.391. The van der Waals surface area contributed by atoms with Crippen LogP contribution in [0.15, 0.2) is 36.7 Å². The Balaban J connectivity index is 1.47. The smallest absolute Gasteiger partial charge is 0.228 e. The van der Waals surface area contributed by atoms with E-state index < -0.39 is 0 Å². The molecule has 1 N–H and O–H groups in total. The number of anilines is 3. The molecule has 1 unspecified atom stereocenters. The van der Waals surface area contributed by atoms with Crippen molar-refractivity contribution in [3.8, 4) is 0 Å². The number of hydrogen-bond acceptors (Lipinski definition) is 7. The van der Waals surface area contributed by atoms with Crippen LogP contribution in [0.1, 0.15) is 32.5 Å². The van der Waals surface area contributed by atoms with Crippen LogP contribution in [0, 0.1) is 6.92 Å². The molecule has 3 aromatic heterocycles. The molecule has 1 saturated heterocycles. The molecule has 31 heavy (non-hydrogen) atoms. The maximum Gasteiger partial charge on any atom is 0.228 e. The van der Waals surface area contributed by atoms with E-state index in [1.807, 2.05) is 36.1 Å². The molecule has 1 aliphatic rings. The van der Waals surface area contributed by atoms with Gasteiger partial charge in [-0.2, -0.15) is 5.10 Å². The molecule has 0 saturated carbocycles. The summed E-state index contributed by atoms with van der Waals surface area (Å²) in [4.78, 5) is 16.4. The van der Waals surface area contributed by atoms with Crippen molar-refractivity contribution >= 4 is 39.3 Å². The highest BCUT2D eigenvalue weighted by Gasteiger charge is 2.19. The van der Waals surface area contributed by atoms with Crippen molar-refractivity contribution in [2.24, 2.45) is 0 Å². The molecule has 1 fully saturated rings. The molecule has 0 bridgehead atoms. The molecular formula is C23H27N7O. The van der Waals surface area contributed by atoms with Gasteiger partial charge in [0, 0.05) is 36.1 Å². The Labute approximate surface area is 181 Å². The normalized spacial score (nSPS) is 17.1. The van der Waals surface area contributed by atoms with E-state index in [0.29, 0.717) is 5.95 Å². The second kappa shape index (κ2) is 7.77. The number of morpholine rings is 1. The minimum atomic E-state index is 0.230. The molecule has 1 aromatic carbocycles. The summed E-state index contributed by atoms with van der Waals surface area (Å²) < 4.78 is 7.67. The van der Waals surface area contributed by atoms with Gasteiger partial charge in [0.25, 0.3) is 0 Å². The minimum absolute atomic E-state index is 0.230. The number of ether oxygens (including phenoxy) is 1. The lowest BCUT2D eigenvalue weighted by molar-refractivity contribution is 0.0531.